The SMILES string of the molecule is CC(C)C(=O)NCc1ccc(Cl)c(C(=O)Nc2ccc3c(c2)cc(C(=O)Nc2ccc(C(=O)O)cc2)n3C(C)C)c1. The van der Waals surface area contributed by atoms with E-state index in [2.05, 4.69) is 16.0 Å². The quantitative estimate of drug-likeness (QED) is 0.185. The van der Waals surface area contributed by atoms with Crippen molar-refractivity contribution in [3.63, 3.8) is 0 Å². The monoisotopic (exact) mass is 574 g/mol. The molecule has 0 saturated carbocycles. The van der Waals surface area contributed by atoms with Crippen LogP contribution in [0, 0.1) is 5.92 Å². The van der Waals surface area contributed by atoms with Gasteiger partial charge in [0.2, 0.25) is 5.91 Å². The highest BCUT2D eigenvalue weighted by Crippen LogP contribution is 2.28. The van der Waals surface area contributed by atoms with E-state index in [1.54, 1.807) is 50.2 Å². The van der Waals surface area contributed by atoms with Gasteiger partial charge in [0.25, 0.3) is 11.8 Å². The van der Waals surface area contributed by atoms with Crippen molar-refractivity contribution in [1.29, 1.82) is 0 Å². The fourth-order valence-electron chi connectivity index (χ4n) is 4.38. The predicted octanol–water partition coefficient (Wildman–Crippen LogP) is 6.35. The van der Waals surface area contributed by atoms with Gasteiger partial charge in [-0.05, 0) is 80.1 Å². The number of carbonyl (C=O) groups excluding carboxylic acids is 3. The molecule has 0 aliphatic heterocycles. The molecule has 0 unspecified atom stereocenters. The summed E-state index contributed by atoms with van der Waals surface area (Å²) in [5, 5.41) is 18.7. The minimum absolute atomic E-state index is 0.0409. The molecular weight excluding hydrogens is 544 g/mol. The molecule has 41 heavy (non-hydrogen) atoms. The molecule has 0 fully saturated rings. The number of carboxylic acids is 1. The lowest BCUT2D eigenvalue weighted by Crippen LogP contribution is -2.27. The average molecular weight is 575 g/mol. The van der Waals surface area contributed by atoms with Crippen LogP contribution >= 0.6 is 11.6 Å². The van der Waals surface area contributed by atoms with E-state index in [1.165, 1.54) is 24.3 Å². The number of amides is 3. The van der Waals surface area contributed by atoms with Crippen LogP contribution in [0.2, 0.25) is 5.02 Å². The number of rotatable bonds is 9. The van der Waals surface area contributed by atoms with E-state index in [0.717, 1.165) is 16.5 Å². The zero-order valence-electron chi connectivity index (χ0n) is 23.1. The van der Waals surface area contributed by atoms with Gasteiger partial charge in [0.1, 0.15) is 5.69 Å². The Balaban J connectivity index is 1.56. The van der Waals surface area contributed by atoms with Crippen molar-refractivity contribution in [3.8, 4) is 0 Å². The summed E-state index contributed by atoms with van der Waals surface area (Å²) >= 11 is 6.32. The van der Waals surface area contributed by atoms with Gasteiger partial charge in [-0.2, -0.15) is 0 Å². The fraction of sp³-hybridized carbons (Fsp3) is 0.226. The molecule has 0 spiro atoms. The maximum absolute atomic E-state index is 13.2. The standard InChI is InChI=1S/C31H31ClN4O5/c1-17(2)28(37)33-16-19-5-11-25(32)24(13-19)29(38)35-23-10-12-26-21(14-23)15-27(36(26)18(3)4)30(39)34-22-8-6-20(7-9-22)31(40)41/h5-15,17-18H,16H2,1-4H3,(H,33,37)(H,34,39)(H,35,38)(H,40,41). The number of hydrogen-bond acceptors (Lipinski definition) is 4. The number of nitrogens with zero attached hydrogens (tertiary/aromatic N) is 1. The molecule has 10 heteroatoms. The molecule has 0 radical (unpaired) electrons. The Hall–Kier alpha value is -4.63. The van der Waals surface area contributed by atoms with Crippen molar-refractivity contribution in [2.75, 3.05) is 10.6 Å². The molecule has 3 aromatic carbocycles. The van der Waals surface area contributed by atoms with Crippen LogP contribution < -0.4 is 16.0 Å². The van der Waals surface area contributed by atoms with Crippen molar-refractivity contribution in [3.05, 3.63) is 94.1 Å². The first-order valence-electron chi connectivity index (χ1n) is 13.1. The van der Waals surface area contributed by atoms with Crippen LogP contribution in [-0.2, 0) is 11.3 Å². The molecular formula is C31H31ClN4O5. The Morgan fingerprint density at radius 3 is 2.12 bits per heavy atom. The molecule has 0 atom stereocenters. The molecule has 4 N–H and O–H groups in total. The minimum Gasteiger partial charge on any atom is -0.478 e. The topological polar surface area (TPSA) is 130 Å². The van der Waals surface area contributed by atoms with Crippen LogP contribution in [0.15, 0.2) is 66.7 Å². The van der Waals surface area contributed by atoms with Gasteiger partial charge in [-0.25, -0.2) is 4.79 Å². The number of carbonyl (C=O) groups is 4. The van der Waals surface area contributed by atoms with Crippen LogP contribution in [0.25, 0.3) is 10.9 Å². The zero-order valence-corrected chi connectivity index (χ0v) is 23.9. The van der Waals surface area contributed by atoms with E-state index in [4.69, 9.17) is 16.7 Å². The number of halogens is 1. The Labute approximate surface area is 242 Å². The summed E-state index contributed by atoms with van der Waals surface area (Å²) in [5.41, 5.74) is 3.36. The first-order chi connectivity index (χ1) is 19.4. The number of carboxylic acid groups (broad SMARTS) is 1. The molecule has 3 amide bonds. The van der Waals surface area contributed by atoms with Crippen molar-refractivity contribution in [2.24, 2.45) is 5.92 Å². The van der Waals surface area contributed by atoms with Crippen LogP contribution in [0.4, 0.5) is 11.4 Å². The largest absolute Gasteiger partial charge is 0.478 e. The van der Waals surface area contributed by atoms with E-state index in [1.807, 2.05) is 24.5 Å². The van der Waals surface area contributed by atoms with Crippen molar-refractivity contribution in [2.45, 2.75) is 40.3 Å². The van der Waals surface area contributed by atoms with Gasteiger partial charge in [-0.15, -0.1) is 0 Å². The lowest BCUT2D eigenvalue weighted by Gasteiger charge is -2.15. The molecule has 4 rings (SSSR count). The number of hydrogen-bond donors (Lipinski definition) is 4. The molecule has 212 valence electrons. The molecule has 1 aromatic heterocycles. The summed E-state index contributed by atoms with van der Waals surface area (Å²) in [4.78, 5) is 49.4. The number of nitrogens with one attached hydrogen (secondary N) is 3. The molecule has 0 aliphatic rings. The Morgan fingerprint density at radius 2 is 1.49 bits per heavy atom. The van der Waals surface area contributed by atoms with Crippen LogP contribution in [0.1, 0.15) is 70.5 Å². The third-order valence-electron chi connectivity index (χ3n) is 6.50. The maximum atomic E-state index is 13.2. The molecule has 0 aliphatic carbocycles. The number of benzene rings is 3. The van der Waals surface area contributed by atoms with Crippen molar-refractivity contribution in [1.82, 2.24) is 9.88 Å². The molecule has 9 nitrogen and oxygen atoms in total. The summed E-state index contributed by atoms with van der Waals surface area (Å²) in [6.07, 6.45) is 0. The zero-order chi connectivity index (χ0) is 29.8. The van der Waals surface area contributed by atoms with Crippen molar-refractivity contribution >= 4 is 57.6 Å². The summed E-state index contributed by atoms with van der Waals surface area (Å²) in [6, 6.07) is 18.0. The Kier molecular flexibility index (Phi) is 8.78. The van der Waals surface area contributed by atoms with E-state index < -0.39 is 11.9 Å². The average Bonchev–Trinajstić information content (AvgIpc) is 3.32. The molecule has 0 saturated heterocycles. The Bertz CT molecular complexity index is 1640. The maximum Gasteiger partial charge on any atom is 0.335 e. The summed E-state index contributed by atoms with van der Waals surface area (Å²) in [5.74, 6) is -2.04. The third kappa shape index (κ3) is 6.75. The predicted molar refractivity (Wildman–Crippen MR) is 160 cm³/mol. The van der Waals surface area contributed by atoms with Gasteiger partial charge in [-0.1, -0.05) is 31.5 Å². The van der Waals surface area contributed by atoms with Gasteiger partial charge in [0.15, 0.2) is 0 Å². The number of aromatic nitrogens is 1. The molecule has 1 heterocycles. The third-order valence-corrected chi connectivity index (χ3v) is 6.83. The lowest BCUT2D eigenvalue weighted by atomic mass is 10.1. The van der Waals surface area contributed by atoms with Crippen LogP contribution in [0.5, 0.6) is 0 Å². The highest BCUT2D eigenvalue weighted by Gasteiger charge is 2.19. The number of anilines is 2. The minimum atomic E-state index is -1.05. The lowest BCUT2D eigenvalue weighted by molar-refractivity contribution is -0.124. The van der Waals surface area contributed by atoms with Crippen molar-refractivity contribution < 1.29 is 24.3 Å². The highest BCUT2D eigenvalue weighted by molar-refractivity contribution is 6.34. The van der Waals surface area contributed by atoms with Gasteiger partial charge < -0.3 is 25.6 Å². The summed E-state index contributed by atoms with van der Waals surface area (Å²) in [7, 11) is 0. The second-order valence-electron chi connectivity index (χ2n) is 10.2. The van der Waals surface area contributed by atoms with E-state index in [-0.39, 0.29) is 46.5 Å². The smallest absolute Gasteiger partial charge is 0.335 e. The van der Waals surface area contributed by atoms with Crippen LogP contribution in [0.3, 0.4) is 0 Å². The Morgan fingerprint density at radius 1 is 0.829 bits per heavy atom. The number of fused-ring (bicyclic) bond motifs is 1. The first-order valence-corrected chi connectivity index (χ1v) is 13.5. The summed E-state index contributed by atoms with van der Waals surface area (Å²) in [6.45, 7) is 7.81. The van der Waals surface area contributed by atoms with Gasteiger partial charge in [0.05, 0.1) is 16.1 Å². The second-order valence-corrected chi connectivity index (χ2v) is 10.7. The van der Waals surface area contributed by atoms with E-state index in [0.29, 0.717) is 17.1 Å². The van der Waals surface area contributed by atoms with E-state index in [9.17, 15) is 19.2 Å². The second kappa shape index (κ2) is 12.3. The molecule has 4 aromatic rings. The molecule has 0 bridgehead atoms. The normalized spacial score (nSPS) is 11.1. The van der Waals surface area contributed by atoms with Crippen LogP contribution in [-0.4, -0.2) is 33.4 Å². The van der Waals surface area contributed by atoms with Gasteiger partial charge in [-0.3, -0.25) is 14.4 Å². The van der Waals surface area contributed by atoms with Gasteiger partial charge in [0, 0.05) is 40.8 Å². The van der Waals surface area contributed by atoms with Gasteiger partial charge >= 0.3 is 5.97 Å². The van der Waals surface area contributed by atoms with E-state index >= 15 is 0 Å². The highest BCUT2D eigenvalue weighted by atomic mass is 35.5. The fourth-order valence-corrected chi connectivity index (χ4v) is 4.59. The number of aromatic carboxylic acids is 1. The first kappa shape index (κ1) is 29.4. The summed E-state index contributed by atoms with van der Waals surface area (Å²) < 4.78 is 1.90.